The van der Waals surface area contributed by atoms with Crippen LogP contribution >= 0.6 is 0 Å². The number of methoxy groups -OCH3 is 1. The van der Waals surface area contributed by atoms with Crippen LogP contribution in [0.25, 0.3) is 28.1 Å². The van der Waals surface area contributed by atoms with E-state index < -0.39 is 0 Å². The second kappa shape index (κ2) is 7.64. The second-order valence-electron chi connectivity index (χ2n) is 6.74. The number of carbonyl (C=O) groups is 1. The molecule has 0 unspecified atom stereocenters. The van der Waals surface area contributed by atoms with E-state index in [1.54, 1.807) is 12.4 Å². The minimum absolute atomic E-state index is 0.368. The van der Waals surface area contributed by atoms with Gasteiger partial charge in [0.15, 0.2) is 5.65 Å². The lowest BCUT2D eigenvalue weighted by molar-refractivity contribution is -0.134. The van der Waals surface area contributed by atoms with Crippen LogP contribution in [-0.2, 0) is 22.4 Å². The Morgan fingerprint density at radius 1 is 1.14 bits per heavy atom. The molecule has 140 valence electrons. The Hall–Kier alpha value is -3.47. The number of fused-ring (bicyclic) bond motifs is 2. The fourth-order valence-corrected chi connectivity index (χ4v) is 3.38. The highest BCUT2D eigenvalue weighted by Gasteiger charge is 2.06. The van der Waals surface area contributed by atoms with E-state index in [0.29, 0.717) is 0 Å². The minimum Gasteiger partial charge on any atom is -0.466 e. The predicted molar refractivity (Wildman–Crippen MR) is 111 cm³/mol. The van der Waals surface area contributed by atoms with Crippen LogP contribution < -0.4 is 0 Å². The molecule has 0 radical (unpaired) electrons. The van der Waals surface area contributed by atoms with E-state index in [4.69, 9.17) is 0 Å². The molecular weight excluding hydrogens is 350 g/mol. The maximum atomic E-state index is 11.3. The van der Waals surface area contributed by atoms with Gasteiger partial charge < -0.3 is 9.30 Å². The highest BCUT2D eigenvalue weighted by Crippen LogP contribution is 2.21. The number of rotatable bonds is 5. The van der Waals surface area contributed by atoms with Crippen LogP contribution in [0, 0.1) is 6.92 Å². The zero-order valence-electron chi connectivity index (χ0n) is 15.9. The summed E-state index contributed by atoms with van der Waals surface area (Å²) in [6.07, 6.45) is 8.71. The van der Waals surface area contributed by atoms with Crippen molar-refractivity contribution in [1.82, 2.24) is 14.5 Å². The number of esters is 1. The van der Waals surface area contributed by atoms with E-state index in [0.717, 1.165) is 40.5 Å². The van der Waals surface area contributed by atoms with Gasteiger partial charge in [0, 0.05) is 41.1 Å². The fourth-order valence-electron chi connectivity index (χ4n) is 3.38. The quantitative estimate of drug-likeness (QED) is 0.387. The number of hydrogen-bond acceptors (Lipinski definition) is 4. The molecule has 1 aromatic carbocycles. The standard InChI is InChI=1S/C23H21N3O2/c1-16-18(15-20-4-3-11-24-23(20)25-16)7-5-17-6-8-21-19(14-17)9-12-26(21)13-10-22(27)28-2/h3-4,6,8-15H,5,7H2,1-2H3/b13-10+. The van der Waals surface area contributed by atoms with E-state index in [-0.39, 0.29) is 5.97 Å². The highest BCUT2D eigenvalue weighted by molar-refractivity contribution is 5.88. The van der Waals surface area contributed by atoms with Crippen molar-refractivity contribution in [2.24, 2.45) is 0 Å². The molecule has 0 aliphatic carbocycles. The summed E-state index contributed by atoms with van der Waals surface area (Å²) >= 11 is 0. The summed E-state index contributed by atoms with van der Waals surface area (Å²) in [5.41, 5.74) is 5.41. The molecule has 0 N–H and O–H groups in total. The summed E-state index contributed by atoms with van der Waals surface area (Å²) in [6.45, 7) is 2.04. The number of ether oxygens (including phenoxy) is 1. The number of hydrogen-bond donors (Lipinski definition) is 0. The lowest BCUT2D eigenvalue weighted by Gasteiger charge is -2.08. The highest BCUT2D eigenvalue weighted by atomic mass is 16.5. The van der Waals surface area contributed by atoms with Crippen LogP contribution in [0.2, 0.25) is 0 Å². The number of benzene rings is 1. The van der Waals surface area contributed by atoms with Crippen molar-refractivity contribution in [3.63, 3.8) is 0 Å². The average molecular weight is 371 g/mol. The summed E-state index contributed by atoms with van der Waals surface area (Å²) in [6, 6.07) is 14.7. The van der Waals surface area contributed by atoms with Gasteiger partial charge in [-0.2, -0.15) is 0 Å². The third-order valence-corrected chi connectivity index (χ3v) is 4.93. The van der Waals surface area contributed by atoms with Gasteiger partial charge in [0.1, 0.15) is 0 Å². The normalized spacial score (nSPS) is 11.5. The molecule has 28 heavy (non-hydrogen) atoms. The summed E-state index contributed by atoms with van der Waals surface area (Å²) in [7, 11) is 1.37. The number of aryl methyl sites for hydroxylation is 3. The summed E-state index contributed by atoms with van der Waals surface area (Å²) in [4.78, 5) is 20.2. The SMILES string of the molecule is COC(=O)/C=C/n1ccc2cc(CCc3cc4cccnc4nc3C)ccc21. The molecule has 3 aromatic heterocycles. The molecule has 0 fully saturated rings. The predicted octanol–water partition coefficient (Wildman–Crippen LogP) is 4.32. The van der Waals surface area contributed by atoms with Gasteiger partial charge >= 0.3 is 5.97 Å². The van der Waals surface area contributed by atoms with Gasteiger partial charge in [-0.05, 0) is 67.3 Å². The Morgan fingerprint density at radius 2 is 2.04 bits per heavy atom. The minimum atomic E-state index is -0.368. The second-order valence-corrected chi connectivity index (χ2v) is 6.74. The summed E-state index contributed by atoms with van der Waals surface area (Å²) < 4.78 is 6.56. The van der Waals surface area contributed by atoms with Crippen molar-refractivity contribution in [2.75, 3.05) is 7.11 Å². The van der Waals surface area contributed by atoms with Crippen LogP contribution in [0.5, 0.6) is 0 Å². The third kappa shape index (κ3) is 3.64. The van der Waals surface area contributed by atoms with E-state index in [1.807, 2.05) is 23.8 Å². The molecule has 4 rings (SSSR count). The molecule has 0 saturated carbocycles. The van der Waals surface area contributed by atoms with Crippen molar-refractivity contribution in [1.29, 1.82) is 0 Å². The van der Waals surface area contributed by atoms with Gasteiger partial charge in [-0.15, -0.1) is 0 Å². The van der Waals surface area contributed by atoms with Gasteiger partial charge in [0.05, 0.1) is 12.6 Å². The smallest absolute Gasteiger partial charge is 0.331 e. The molecule has 5 nitrogen and oxygen atoms in total. The number of pyridine rings is 2. The Balaban J connectivity index is 1.53. The maximum Gasteiger partial charge on any atom is 0.331 e. The molecule has 0 aliphatic heterocycles. The maximum absolute atomic E-state index is 11.3. The summed E-state index contributed by atoms with van der Waals surface area (Å²) in [5.74, 6) is -0.368. The van der Waals surface area contributed by atoms with Gasteiger partial charge in [-0.1, -0.05) is 6.07 Å². The molecule has 0 aliphatic rings. The molecule has 0 saturated heterocycles. The van der Waals surface area contributed by atoms with E-state index in [9.17, 15) is 4.79 Å². The molecule has 0 spiro atoms. The zero-order chi connectivity index (χ0) is 19.5. The van der Waals surface area contributed by atoms with Crippen LogP contribution in [0.4, 0.5) is 0 Å². The zero-order valence-corrected chi connectivity index (χ0v) is 15.9. The van der Waals surface area contributed by atoms with Crippen LogP contribution in [0.1, 0.15) is 16.8 Å². The van der Waals surface area contributed by atoms with Crippen LogP contribution in [0.15, 0.2) is 60.9 Å². The van der Waals surface area contributed by atoms with E-state index >= 15 is 0 Å². The Bertz CT molecular complexity index is 1190. The van der Waals surface area contributed by atoms with Gasteiger partial charge in [0.2, 0.25) is 0 Å². The summed E-state index contributed by atoms with van der Waals surface area (Å²) in [5, 5.41) is 2.22. The van der Waals surface area contributed by atoms with E-state index in [2.05, 4.69) is 51.1 Å². The molecular formula is C23H21N3O2. The van der Waals surface area contributed by atoms with Crippen molar-refractivity contribution < 1.29 is 9.53 Å². The van der Waals surface area contributed by atoms with Crippen molar-refractivity contribution in [3.05, 3.63) is 77.8 Å². The Morgan fingerprint density at radius 3 is 2.89 bits per heavy atom. The largest absolute Gasteiger partial charge is 0.466 e. The number of aromatic nitrogens is 3. The van der Waals surface area contributed by atoms with Crippen LogP contribution in [0.3, 0.4) is 0 Å². The van der Waals surface area contributed by atoms with Crippen molar-refractivity contribution in [3.8, 4) is 0 Å². The first-order valence-corrected chi connectivity index (χ1v) is 9.21. The molecule has 5 heteroatoms. The first kappa shape index (κ1) is 17.9. The molecule has 0 atom stereocenters. The molecule has 0 bridgehead atoms. The first-order valence-electron chi connectivity index (χ1n) is 9.21. The third-order valence-electron chi connectivity index (χ3n) is 4.93. The Kier molecular flexibility index (Phi) is 4.89. The van der Waals surface area contributed by atoms with E-state index in [1.165, 1.54) is 24.3 Å². The fraction of sp³-hybridized carbons (Fsp3) is 0.174. The van der Waals surface area contributed by atoms with Gasteiger partial charge in [-0.25, -0.2) is 14.8 Å². The molecule has 0 amide bonds. The lowest BCUT2D eigenvalue weighted by Crippen LogP contribution is -1.98. The molecule has 3 heterocycles. The monoisotopic (exact) mass is 371 g/mol. The average Bonchev–Trinajstić information content (AvgIpc) is 3.12. The number of carbonyl (C=O) groups excluding carboxylic acids is 1. The van der Waals surface area contributed by atoms with Crippen LogP contribution in [-0.4, -0.2) is 27.6 Å². The lowest BCUT2D eigenvalue weighted by atomic mass is 10.0. The molecule has 4 aromatic rings. The van der Waals surface area contributed by atoms with Gasteiger partial charge in [-0.3, -0.25) is 0 Å². The Labute approximate surface area is 163 Å². The number of nitrogens with zero attached hydrogens (tertiary/aromatic N) is 3. The topological polar surface area (TPSA) is 57.0 Å². The van der Waals surface area contributed by atoms with Gasteiger partial charge in [0.25, 0.3) is 0 Å². The first-order chi connectivity index (χ1) is 13.6. The van der Waals surface area contributed by atoms with Crippen molar-refractivity contribution in [2.45, 2.75) is 19.8 Å². The van der Waals surface area contributed by atoms with Crippen molar-refractivity contribution >= 4 is 34.1 Å².